The molecule has 5 heteroatoms. The van der Waals surface area contributed by atoms with Crippen molar-refractivity contribution in [3.05, 3.63) is 72.8 Å². The van der Waals surface area contributed by atoms with Crippen LogP contribution in [0.2, 0.25) is 0 Å². The van der Waals surface area contributed by atoms with Gasteiger partial charge in [-0.1, -0.05) is 36.4 Å². The third-order valence-electron chi connectivity index (χ3n) is 3.32. The van der Waals surface area contributed by atoms with E-state index in [9.17, 15) is 9.59 Å². The number of carbonyl (C=O) groups is 2. The normalized spacial score (nSPS) is 9.83. The van der Waals surface area contributed by atoms with Gasteiger partial charge < -0.3 is 16.0 Å². The van der Waals surface area contributed by atoms with Crippen molar-refractivity contribution in [2.75, 3.05) is 17.2 Å². The van der Waals surface area contributed by atoms with Gasteiger partial charge in [0.2, 0.25) is 5.91 Å². The largest absolute Gasteiger partial charge is 0.334 e. The minimum Gasteiger partial charge on any atom is -0.334 e. The van der Waals surface area contributed by atoms with Gasteiger partial charge in [0, 0.05) is 24.3 Å². The standard InChI is InChI=1S/C19H21N3O2/c1-2-14-20-19(24)22-17-11-9-16(10-12-17)21-18(23)13-8-15-6-4-3-5-7-15/h2-7,9-12H,1,8,13-14H2,(H,21,23)(H2,20,22,24). The number of aryl methyl sites for hydroxylation is 1. The zero-order valence-electron chi connectivity index (χ0n) is 13.4. The zero-order valence-corrected chi connectivity index (χ0v) is 13.4. The minimum absolute atomic E-state index is 0.0386. The van der Waals surface area contributed by atoms with Crippen molar-refractivity contribution in [2.24, 2.45) is 0 Å². The Morgan fingerprint density at radius 2 is 1.54 bits per heavy atom. The smallest absolute Gasteiger partial charge is 0.319 e. The maximum absolute atomic E-state index is 12.0. The fraction of sp³-hybridized carbons (Fsp3) is 0.158. The third kappa shape index (κ3) is 5.96. The van der Waals surface area contributed by atoms with Crippen molar-refractivity contribution in [1.29, 1.82) is 0 Å². The number of rotatable bonds is 7. The van der Waals surface area contributed by atoms with Crippen LogP contribution in [-0.4, -0.2) is 18.5 Å². The van der Waals surface area contributed by atoms with E-state index >= 15 is 0 Å². The van der Waals surface area contributed by atoms with E-state index in [-0.39, 0.29) is 11.9 Å². The molecule has 5 nitrogen and oxygen atoms in total. The van der Waals surface area contributed by atoms with Crippen LogP contribution in [0, 0.1) is 0 Å². The van der Waals surface area contributed by atoms with Crippen LogP contribution < -0.4 is 16.0 Å². The van der Waals surface area contributed by atoms with Gasteiger partial charge in [-0.15, -0.1) is 6.58 Å². The van der Waals surface area contributed by atoms with E-state index in [1.54, 1.807) is 30.3 Å². The highest BCUT2D eigenvalue weighted by Gasteiger charge is 2.04. The first-order valence-corrected chi connectivity index (χ1v) is 7.77. The lowest BCUT2D eigenvalue weighted by Crippen LogP contribution is -2.28. The molecule has 2 aromatic rings. The van der Waals surface area contributed by atoms with E-state index < -0.39 is 0 Å². The molecule has 0 unspecified atom stereocenters. The predicted molar refractivity (Wildman–Crippen MR) is 97.1 cm³/mol. The fourth-order valence-corrected chi connectivity index (χ4v) is 2.10. The van der Waals surface area contributed by atoms with E-state index in [4.69, 9.17) is 0 Å². The molecule has 0 aliphatic rings. The fourth-order valence-electron chi connectivity index (χ4n) is 2.10. The van der Waals surface area contributed by atoms with Crippen molar-refractivity contribution in [1.82, 2.24) is 5.32 Å². The Morgan fingerprint density at radius 3 is 2.17 bits per heavy atom. The van der Waals surface area contributed by atoms with Crippen LogP contribution in [0.15, 0.2) is 67.3 Å². The Bertz CT molecular complexity index is 682. The Kier molecular flexibility index (Phi) is 6.58. The van der Waals surface area contributed by atoms with E-state index in [1.165, 1.54) is 0 Å². The number of hydrogen-bond acceptors (Lipinski definition) is 2. The summed E-state index contributed by atoms with van der Waals surface area (Å²) in [6.45, 7) is 3.93. The number of amides is 3. The molecule has 2 rings (SSSR count). The molecular weight excluding hydrogens is 302 g/mol. The van der Waals surface area contributed by atoms with Crippen LogP contribution >= 0.6 is 0 Å². The van der Waals surface area contributed by atoms with Crippen molar-refractivity contribution in [3.63, 3.8) is 0 Å². The molecule has 0 bridgehead atoms. The van der Waals surface area contributed by atoms with E-state index in [0.717, 1.165) is 5.56 Å². The Morgan fingerprint density at radius 1 is 0.917 bits per heavy atom. The van der Waals surface area contributed by atoms with Gasteiger partial charge in [0.1, 0.15) is 0 Å². The molecular formula is C19H21N3O2. The highest BCUT2D eigenvalue weighted by molar-refractivity contribution is 5.92. The summed E-state index contributed by atoms with van der Waals surface area (Å²) in [7, 11) is 0. The Balaban J connectivity index is 1.79. The lowest BCUT2D eigenvalue weighted by molar-refractivity contribution is -0.116. The van der Waals surface area contributed by atoms with E-state index in [1.807, 2.05) is 30.3 Å². The maximum Gasteiger partial charge on any atom is 0.319 e. The second kappa shape index (κ2) is 9.15. The number of benzene rings is 2. The molecule has 0 aliphatic heterocycles. The molecule has 0 fully saturated rings. The van der Waals surface area contributed by atoms with Crippen LogP contribution in [0.1, 0.15) is 12.0 Å². The molecule has 24 heavy (non-hydrogen) atoms. The summed E-state index contributed by atoms with van der Waals surface area (Å²) in [5, 5.41) is 8.16. The lowest BCUT2D eigenvalue weighted by Gasteiger charge is -2.08. The summed E-state index contributed by atoms with van der Waals surface area (Å²) < 4.78 is 0. The second-order valence-corrected chi connectivity index (χ2v) is 5.23. The van der Waals surface area contributed by atoms with Crippen LogP contribution in [0.25, 0.3) is 0 Å². The molecule has 124 valence electrons. The molecule has 2 aromatic carbocycles. The quantitative estimate of drug-likeness (QED) is 0.682. The van der Waals surface area contributed by atoms with Crippen LogP contribution in [0.4, 0.5) is 16.2 Å². The average Bonchev–Trinajstić information content (AvgIpc) is 2.61. The molecule has 0 radical (unpaired) electrons. The van der Waals surface area contributed by atoms with Crippen molar-refractivity contribution in [3.8, 4) is 0 Å². The van der Waals surface area contributed by atoms with Gasteiger partial charge in [-0.25, -0.2) is 4.79 Å². The van der Waals surface area contributed by atoms with Crippen LogP contribution in [0.3, 0.4) is 0 Å². The summed E-state index contributed by atoms with van der Waals surface area (Å²) in [4.78, 5) is 23.5. The minimum atomic E-state index is -0.297. The average molecular weight is 323 g/mol. The molecule has 0 aliphatic carbocycles. The van der Waals surface area contributed by atoms with Gasteiger partial charge in [0.25, 0.3) is 0 Å². The maximum atomic E-state index is 12.0. The summed E-state index contributed by atoms with van der Waals surface area (Å²) in [5.41, 5.74) is 2.49. The van der Waals surface area contributed by atoms with E-state index in [2.05, 4.69) is 22.5 Å². The van der Waals surface area contributed by atoms with Crippen molar-refractivity contribution in [2.45, 2.75) is 12.8 Å². The van der Waals surface area contributed by atoms with Gasteiger partial charge >= 0.3 is 6.03 Å². The first-order valence-electron chi connectivity index (χ1n) is 7.77. The number of anilines is 2. The van der Waals surface area contributed by atoms with Gasteiger partial charge in [-0.05, 0) is 36.2 Å². The highest BCUT2D eigenvalue weighted by Crippen LogP contribution is 2.14. The number of nitrogens with one attached hydrogen (secondary N) is 3. The van der Waals surface area contributed by atoms with Crippen LogP contribution in [0.5, 0.6) is 0 Å². The van der Waals surface area contributed by atoms with Gasteiger partial charge in [0.15, 0.2) is 0 Å². The summed E-state index contributed by atoms with van der Waals surface area (Å²) in [6, 6.07) is 16.6. The zero-order chi connectivity index (χ0) is 17.2. The predicted octanol–water partition coefficient (Wildman–Crippen LogP) is 3.57. The molecule has 0 saturated heterocycles. The molecule has 0 saturated carbocycles. The molecule has 0 heterocycles. The number of urea groups is 1. The van der Waals surface area contributed by atoms with E-state index in [0.29, 0.717) is 30.8 Å². The summed E-state index contributed by atoms with van der Waals surface area (Å²) in [6.07, 6.45) is 2.73. The monoisotopic (exact) mass is 323 g/mol. The lowest BCUT2D eigenvalue weighted by atomic mass is 10.1. The second-order valence-electron chi connectivity index (χ2n) is 5.23. The first-order chi connectivity index (χ1) is 11.7. The molecule has 0 atom stereocenters. The summed E-state index contributed by atoms with van der Waals surface area (Å²) >= 11 is 0. The van der Waals surface area contributed by atoms with Gasteiger partial charge in [-0.2, -0.15) is 0 Å². The first kappa shape index (κ1) is 17.3. The number of carbonyl (C=O) groups excluding carboxylic acids is 2. The summed E-state index contributed by atoms with van der Waals surface area (Å²) in [5.74, 6) is -0.0386. The Hall–Kier alpha value is -3.08. The van der Waals surface area contributed by atoms with Gasteiger partial charge in [0.05, 0.1) is 0 Å². The van der Waals surface area contributed by atoms with Crippen molar-refractivity contribution < 1.29 is 9.59 Å². The molecule has 0 aromatic heterocycles. The highest BCUT2D eigenvalue weighted by atomic mass is 16.2. The third-order valence-corrected chi connectivity index (χ3v) is 3.32. The number of hydrogen-bond donors (Lipinski definition) is 3. The van der Waals surface area contributed by atoms with Crippen molar-refractivity contribution >= 4 is 23.3 Å². The van der Waals surface area contributed by atoms with Crippen LogP contribution in [-0.2, 0) is 11.2 Å². The Labute approximate surface area is 141 Å². The SMILES string of the molecule is C=CCNC(=O)Nc1ccc(NC(=O)CCc2ccccc2)cc1. The molecule has 0 spiro atoms. The topological polar surface area (TPSA) is 70.2 Å². The molecule has 3 amide bonds. The van der Waals surface area contributed by atoms with Gasteiger partial charge in [-0.3, -0.25) is 4.79 Å². The molecule has 3 N–H and O–H groups in total.